The van der Waals surface area contributed by atoms with Crippen molar-refractivity contribution in [3.8, 4) is 0 Å². The van der Waals surface area contributed by atoms with Crippen LogP contribution in [0.1, 0.15) is 213 Å². The van der Waals surface area contributed by atoms with E-state index in [0.717, 1.165) is 44.9 Å². The molecule has 9 heteroatoms. The number of hydrogen-bond donors (Lipinski definition) is 4. The lowest BCUT2D eigenvalue weighted by atomic mass is 10.0. The molecule has 0 heterocycles. The van der Waals surface area contributed by atoms with Crippen LogP contribution in [0.2, 0.25) is 0 Å². The van der Waals surface area contributed by atoms with Crippen molar-refractivity contribution in [2.45, 2.75) is 225 Å². The van der Waals surface area contributed by atoms with Gasteiger partial charge in [0.2, 0.25) is 5.91 Å². The molecule has 5 N–H and O–H groups in total. The molecule has 328 valence electrons. The van der Waals surface area contributed by atoms with Gasteiger partial charge in [-0.15, -0.1) is 0 Å². The second-order valence-electron chi connectivity index (χ2n) is 15.6. The van der Waals surface area contributed by atoms with E-state index in [4.69, 9.17) is 14.8 Å². The molecule has 0 aliphatic rings. The maximum atomic E-state index is 12.8. The molecule has 0 aliphatic carbocycles. The Hall–Kier alpha value is -1.54. The quantitative estimate of drug-likeness (QED) is 0.0274. The van der Waals surface area contributed by atoms with Crippen LogP contribution in [0.4, 0.5) is 0 Å². The summed E-state index contributed by atoms with van der Waals surface area (Å²) in [7, 11) is -4.35. The molecule has 0 aromatic heterocycles. The van der Waals surface area contributed by atoms with Gasteiger partial charge in [0.15, 0.2) is 0 Å². The predicted octanol–water partition coefficient (Wildman–Crippen LogP) is 13.3. The van der Waals surface area contributed by atoms with Crippen molar-refractivity contribution < 1.29 is 28.4 Å². The average Bonchev–Trinajstić information content (AvgIpc) is 3.19. The van der Waals surface area contributed by atoms with E-state index in [9.17, 15) is 19.4 Å². The molecule has 8 nitrogen and oxygen atoms in total. The maximum Gasteiger partial charge on any atom is 0.472 e. The molecule has 0 rings (SSSR count). The van der Waals surface area contributed by atoms with E-state index >= 15 is 0 Å². The standard InChI is InChI=1S/C47H89N2O6P/c1-3-5-7-9-11-13-15-17-19-21-23-25-27-29-31-33-35-37-39-41-47(51)49-45(44-55-56(52,53)54-43-42-48)46(50)40-38-36-34-32-30-28-26-24-22-20-18-16-14-12-10-8-6-4-2/h11,13,17,19,30,32,38,40,45-46,50H,3-10,12,14-16,18,20-29,31,33-37,39,41-44,48H2,1-2H3,(H,49,51)(H,52,53)/b13-11-,19-17-,32-30+,40-38+. The molecule has 3 unspecified atom stereocenters. The Kier molecular flexibility index (Phi) is 41.9. The second-order valence-corrected chi connectivity index (χ2v) is 17.1. The highest BCUT2D eigenvalue weighted by molar-refractivity contribution is 7.47. The Labute approximate surface area is 345 Å². The van der Waals surface area contributed by atoms with Crippen molar-refractivity contribution >= 4 is 13.7 Å². The molecule has 56 heavy (non-hydrogen) atoms. The minimum Gasteiger partial charge on any atom is -0.387 e. The molecule has 0 radical (unpaired) electrons. The summed E-state index contributed by atoms with van der Waals surface area (Å²) >= 11 is 0. The third kappa shape index (κ3) is 40.6. The zero-order valence-electron chi connectivity index (χ0n) is 36.4. The van der Waals surface area contributed by atoms with E-state index in [1.165, 1.54) is 148 Å². The number of phosphoric acid groups is 1. The molecule has 0 aliphatic heterocycles. The average molecular weight is 809 g/mol. The SMILES string of the molecule is CCCCC/C=C\C/C=C\CCCCCCCCCCCC(=O)NC(COP(=O)(O)OCCN)C(O)/C=C/CC/C=C/CCCCCCCCCCCCCC. The highest BCUT2D eigenvalue weighted by Crippen LogP contribution is 2.43. The summed E-state index contributed by atoms with van der Waals surface area (Å²) in [5, 5.41) is 13.7. The van der Waals surface area contributed by atoms with Gasteiger partial charge in [-0.2, -0.15) is 0 Å². The number of phosphoric ester groups is 1. The van der Waals surface area contributed by atoms with E-state index < -0.39 is 20.0 Å². The fraction of sp³-hybridized carbons (Fsp3) is 0.809. The zero-order valence-corrected chi connectivity index (χ0v) is 37.3. The molecule has 0 saturated heterocycles. The first kappa shape index (κ1) is 54.5. The largest absolute Gasteiger partial charge is 0.472 e. The Morgan fingerprint density at radius 1 is 0.589 bits per heavy atom. The third-order valence-electron chi connectivity index (χ3n) is 10.1. The zero-order chi connectivity index (χ0) is 41.1. The van der Waals surface area contributed by atoms with Gasteiger partial charge in [-0.25, -0.2) is 4.57 Å². The predicted molar refractivity (Wildman–Crippen MR) is 240 cm³/mol. The van der Waals surface area contributed by atoms with Crippen LogP contribution in [-0.4, -0.2) is 47.8 Å². The van der Waals surface area contributed by atoms with E-state index in [1.807, 2.05) is 6.08 Å². The number of aliphatic hydroxyl groups is 1. The third-order valence-corrected chi connectivity index (χ3v) is 11.1. The molecule has 0 saturated carbocycles. The molecule has 0 spiro atoms. The fourth-order valence-electron chi connectivity index (χ4n) is 6.59. The smallest absolute Gasteiger partial charge is 0.387 e. The van der Waals surface area contributed by atoms with Crippen molar-refractivity contribution in [3.05, 3.63) is 48.6 Å². The number of unbranched alkanes of at least 4 members (excludes halogenated alkanes) is 25. The van der Waals surface area contributed by atoms with Crippen molar-refractivity contribution in [1.82, 2.24) is 5.32 Å². The number of amides is 1. The summed E-state index contributed by atoms with van der Waals surface area (Å²) in [5.74, 6) is -0.209. The van der Waals surface area contributed by atoms with Crippen LogP contribution < -0.4 is 11.1 Å². The van der Waals surface area contributed by atoms with Gasteiger partial charge in [-0.1, -0.05) is 191 Å². The van der Waals surface area contributed by atoms with Crippen LogP contribution in [0, 0.1) is 0 Å². The summed E-state index contributed by atoms with van der Waals surface area (Å²) in [6.07, 6.45) is 53.0. The highest BCUT2D eigenvalue weighted by atomic mass is 31.2. The monoisotopic (exact) mass is 809 g/mol. The number of aliphatic hydroxyl groups excluding tert-OH is 1. The van der Waals surface area contributed by atoms with Crippen LogP contribution in [0.15, 0.2) is 48.6 Å². The van der Waals surface area contributed by atoms with Crippen LogP contribution >= 0.6 is 7.82 Å². The van der Waals surface area contributed by atoms with Crippen LogP contribution in [0.5, 0.6) is 0 Å². The number of carbonyl (C=O) groups excluding carboxylic acids is 1. The fourth-order valence-corrected chi connectivity index (χ4v) is 7.35. The Morgan fingerprint density at radius 2 is 1.00 bits per heavy atom. The van der Waals surface area contributed by atoms with E-state index in [0.29, 0.717) is 6.42 Å². The number of rotatable bonds is 43. The molecule has 0 bridgehead atoms. The molecule has 3 atom stereocenters. The van der Waals surface area contributed by atoms with Crippen LogP contribution in [0.25, 0.3) is 0 Å². The van der Waals surface area contributed by atoms with Gasteiger partial charge < -0.3 is 21.1 Å². The number of nitrogens with one attached hydrogen (secondary N) is 1. The van der Waals surface area contributed by atoms with Crippen molar-refractivity contribution in [1.29, 1.82) is 0 Å². The summed E-state index contributed by atoms with van der Waals surface area (Å²) in [6, 6.07) is -0.880. The Morgan fingerprint density at radius 3 is 1.52 bits per heavy atom. The summed E-state index contributed by atoms with van der Waals surface area (Å²) in [4.78, 5) is 22.7. The molecular formula is C47H89N2O6P. The Bertz CT molecular complexity index is 1020. The van der Waals surface area contributed by atoms with E-state index in [-0.39, 0.29) is 25.7 Å². The van der Waals surface area contributed by atoms with Crippen LogP contribution in [-0.2, 0) is 18.4 Å². The second kappa shape index (κ2) is 43.0. The minimum atomic E-state index is -4.35. The lowest BCUT2D eigenvalue weighted by molar-refractivity contribution is -0.123. The molecule has 0 aromatic rings. The first-order valence-corrected chi connectivity index (χ1v) is 24.8. The Balaban J connectivity index is 4.22. The van der Waals surface area contributed by atoms with Gasteiger partial charge in [0.1, 0.15) is 0 Å². The highest BCUT2D eigenvalue weighted by Gasteiger charge is 2.26. The summed E-state index contributed by atoms with van der Waals surface area (Å²) in [5.41, 5.74) is 5.38. The lowest BCUT2D eigenvalue weighted by Crippen LogP contribution is -2.45. The summed E-state index contributed by atoms with van der Waals surface area (Å²) < 4.78 is 22.1. The van der Waals surface area contributed by atoms with E-state index in [2.05, 4.69) is 55.6 Å². The number of nitrogens with two attached hydrogens (primary N) is 1. The molecular weight excluding hydrogens is 719 g/mol. The van der Waals surface area contributed by atoms with Gasteiger partial charge in [-0.05, 0) is 64.2 Å². The first-order valence-electron chi connectivity index (χ1n) is 23.3. The van der Waals surface area contributed by atoms with E-state index in [1.54, 1.807) is 6.08 Å². The molecule has 0 aromatic carbocycles. The number of hydrogen-bond acceptors (Lipinski definition) is 6. The topological polar surface area (TPSA) is 131 Å². The van der Waals surface area contributed by atoms with Crippen LogP contribution in [0.3, 0.4) is 0 Å². The van der Waals surface area contributed by atoms with Gasteiger partial charge in [-0.3, -0.25) is 13.8 Å². The number of carbonyl (C=O) groups is 1. The summed E-state index contributed by atoms with van der Waals surface area (Å²) in [6.45, 7) is 4.09. The van der Waals surface area contributed by atoms with Crippen molar-refractivity contribution in [2.24, 2.45) is 5.73 Å². The van der Waals surface area contributed by atoms with Gasteiger partial charge >= 0.3 is 7.82 Å². The normalized spacial score (nSPS) is 14.4. The molecule has 0 fully saturated rings. The maximum absolute atomic E-state index is 12.8. The lowest BCUT2D eigenvalue weighted by Gasteiger charge is -2.23. The van der Waals surface area contributed by atoms with Gasteiger partial charge in [0, 0.05) is 13.0 Å². The van der Waals surface area contributed by atoms with Crippen molar-refractivity contribution in [2.75, 3.05) is 19.8 Å². The van der Waals surface area contributed by atoms with Crippen molar-refractivity contribution in [3.63, 3.8) is 0 Å². The molecule has 1 amide bonds. The number of allylic oxidation sites excluding steroid dienone is 7. The van der Waals surface area contributed by atoms with Gasteiger partial charge in [0.25, 0.3) is 0 Å². The first-order chi connectivity index (χ1) is 27.4. The minimum absolute atomic E-state index is 0.0722. The van der Waals surface area contributed by atoms with Gasteiger partial charge in [0.05, 0.1) is 25.4 Å².